The third-order valence-electron chi connectivity index (χ3n) is 4.30. The van der Waals surface area contributed by atoms with Crippen molar-refractivity contribution in [2.45, 2.75) is 89.7 Å². The molecular formula is C17H29NO2. The zero-order valence-corrected chi connectivity index (χ0v) is 13.3. The first kappa shape index (κ1) is 17.0. The summed E-state index contributed by atoms with van der Waals surface area (Å²) >= 11 is 0. The summed E-state index contributed by atoms with van der Waals surface area (Å²) in [7, 11) is 0. The van der Waals surface area contributed by atoms with E-state index >= 15 is 0 Å². The van der Waals surface area contributed by atoms with Crippen molar-refractivity contribution in [3.05, 3.63) is 0 Å². The molecule has 1 aliphatic rings. The van der Waals surface area contributed by atoms with Gasteiger partial charge in [-0.3, -0.25) is 4.79 Å². The van der Waals surface area contributed by atoms with Gasteiger partial charge in [-0.2, -0.15) is 0 Å². The molecular weight excluding hydrogens is 250 g/mol. The Labute approximate surface area is 123 Å². The van der Waals surface area contributed by atoms with Crippen LogP contribution in [0, 0.1) is 11.8 Å². The fourth-order valence-electron chi connectivity index (χ4n) is 2.67. The number of nitrogens with two attached hydrogens (primary N) is 1. The number of hydrogen-bond donors (Lipinski definition) is 1. The van der Waals surface area contributed by atoms with Crippen LogP contribution in [0.3, 0.4) is 0 Å². The number of rotatable bonds is 3. The van der Waals surface area contributed by atoms with Gasteiger partial charge >= 0.3 is 5.97 Å². The first-order valence-electron chi connectivity index (χ1n) is 7.98. The lowest BCUT2D eigenvalue weighted by molar-refractivity contribution is -0.153. The van der Waals surface area contributed by atoms with Gasteiger partial charge in [-0.1, -0.05) is 45.0 Å². The zero-order valence-electron chi connectivity index (χ0n) is 13.3. The van der Waals surface area contributed by atoms with Crippen molar-refractivity contribution in [3.8, 4) is 11.8 Å². The first-order valence-corrected chi connectivity index (χ1v) is 7.98. The maximum atomic E-state index is 11.5. The first-order chi connectivity index (χ1) is 9.45. The molecule has 0 atom stereocenters. The normalized spacial score (nSPS) is 19.2. The van der Waals surface area contributed by atoms with Crippen LogP contribution in [-0.4, -0.2) is 17.1 Å². The summed E-state index contributed by atoms with van der Waals surface area (Å²) in [5.74, 6) is 6.23. The van der Waals surface area contributed by atoms with E-state index in [0.29, 0.717) is 0 Å². The van der Waals surface area contributed by atoms with Gasteiger partial charge < -0.3 is 10.5 Å². The van der Waals surface area contributed by atoms with Gasteiger partial charge in [0.1, 0.15) is 0 Å². The van der Waals surface area contributed by atoms with Gasteiger partial charge in [-0.05, 0) is 38.5 Å². The summed E-state index contributed by atoms with van der Waals surface area (Å²) in [6.45, 7) is 5.57. The molecule has 20 heavy (non-hydrogen) atoms. The van der Waals surface area contributed by atoms with Crippen molar-refractivity contribution in [1.82, 2.24) is 0 Å². The molecule has 0 amide bonds. The maximum absolute atomic E-state index is 11.5. The Morgan fingerprint density at radius 3 is 2.10 bits per heavy atom. The van der Waals surface area contributed by atoms with E-state index in [2.05, 4.69) is 25.7 Å². The van der Waals surface area contributed by atoms with Crippen molar-refractivity contribution in [2.24, 2.45) is 5.73 Å². The van der Waals surface area contributed by atoms with E-state index in [9.17, 15) is 4.79 Å². The van der Waals surface area contributed by atoms with Gasteiger partial charge in [-0.15, -0.1) is 0 Å². The zero-order chi connectivity index (χ0) is 15.1. The van der Waals surface area contributed by atoms with Crippen LogP contribution in [0.15, 0.2) is 0 Å². The van der Waals surface area contributed by atoms with Crippen molar-refractivity contribution in [1.29, 1.82) is 0 Å². The Kier molecular flexibility index (Phi) is 6.55. The quantitative estimate of drug-likeness (QED) is 0.635. The fraction of sp³-hybridized carbons (Fsp3) is 0.824. The van der Waals surface area contributed by atoms with E-state index in [1.807, 2.05) is 0 Å². The molecule has 0 unspecified atom stereocenters. The average molecular weight is 279 g/mol. The Bertz CT molecular complexity index is 366. The Hall–Kier alpha value is -1.01. The summed E-state index contributed by atoms with van der Waals surface area (Å²) in [6.07, 6.45) is 9.09. The van der Waals surface area contributed by atoms with E-state index in [-0.39, 0.29) is 5.97 Å². The summed E-state index contributed by atoms with van der Waals surface area (Å²) in [5, 5.41) is 0. The predicted molar refractivity (Wildman–Crippen MR) is 82.1 cm³/mol. The molecule has 1 saturated carbocycles. The van der Waals surface area contributed by atoms with Crippen LogP contribution in [0.5, 0.6) is 0 Å². The van der Waals surface area contributed by atoms with E-state index < -0.39 is 11.1 Å². The minimum absolute atomic E-state index is 0.240. The number of esters is 1. The number of carbonyl (C=O) groups excluding carboxylic acids is 1. The third-order valence-corrected chi connectivity index (χ3v) is 4.30. The second kappa shape index (κ2) is 7.69. The molecule has 1 fully saturated rings. The average Bonchev–Trinajstić information content (AvgIpc) is 2.39. The SMILES string of the molecule is CCC(N)(C#CC1(OC(C)=O)CCCCCCC1)CC. The summed E-state index contributed by atoms with van der Waals surface area (Å²) < 4.78 is 5.63. The predicted octanol–water partition coefficient (Wildman–Crippen LogP) is 3.55. The fourth-order valence-corrected chi connectivity index (χ4v) is 2.67. The van der Waals surface area contributed by atoms with Gasteiger partial charge in [0.15, 0.2) is 5.60 Å². The van der Waals surface area contributed by atoms with E-state index in [0.717, 1.165) is 38.5 Å². The number of ether oxygens (including phenoxy) is 1. The highest BCUT2D eigenvalue weighted by Gasteiger charge is 2.32. The molecule has 114 valence electrons. The molecule has 3 nitrogen and oxygen atoms in total. The molecule has 0 bridgehead atoms. The highest BCUT2D eigenvalue weighted by molar-refractivity contribution is 5.67. The number of hydrogen-bond acceptors (Lipinski definition) is 3. The molecule has 1 aliphatic carbocycles. The maximum Gasteiger partial charge on any atom is 0.304 e. The number of carbonyl (C=O) groups is 1. The standard InChI is InChI=1S/C17H29NO2/c1-4-16(18,5-2)13-14-17(20-15(3)19)11-9-7-6-8-10-12-17/h4-12,18H2,1-3H3. The summed E-state index contributed by atoms with van der Waals surface area (Å²) in [6, 6.07) is 0. The monoisotopic (exact) mass is 279 g/mol. The van der Waals surface area contributed by atoms with Crippen LogP contribution in [-0.2, 0) is 9.53 Å². The van der Waals surface area contributed by atoms with Gasteiger partial charge in [0.2, 0.25) is 0 Å². The van der Waals surface area contributed by atoms with Crippen LogP contribution < -0.4 is 5.73 Å². The van der Waals surface area contributed by atoms with Gasteiger partial charge in [0.25, 0.3) is 0 Å². The molecule has 0 spiro atoms. The molecule has 0 heterocycles. The molecule has 0 aromatic rings. The molecule has 1 rings (SSSR count). The minimum atomic E-state index is -0.610. The smallest absolute Gasteiger partial charge is 0.304 e. The highest BCUT2D eigenvalue weighted by atomic mass is 16.6. The second-order valence-electron chi connectivity index (χ2n) is 5.97. The third kappa shape index (κ3) is 5.17. The lowest BCUT2D eigenvalue weighted by Crippen LogP contribution is -2.39. The van der Waals surface area contributed by atoms with E-state index in [1.165, 1.54) is 26.2 Å². The molecule has 0 aliphatic heterocycles. The molecule has 2 N–H and O–H groups in total. The van der Waals surface area contributed by atoms with Gasteiger partial charge in [-0.25, -0.2) is 0 Å². The van der Waals surface area contributed by atoms with Crippen LogP contribution in [0.4, 0.5) is 0 Å². The van der Waals surface area contributed by atoms with Crippen LogP contribution in [0.25, 0.3) is 0 Å². The molecule has 0 saturated heterocycles. The van der Waals surface area contributed by atoms with Crippen molar-refractivity contribution < 1.29 is 9.53 Å². The summed E-state index contributed by atoms with van der Waals surface area (Å²) in [5.41, 5.74) is 5.19. The van der Waals surface area contributed by atoms with Crippen LogP contribution in [0.1, 0.15) is 78.6 Å². The largest absolute Gasteiger partial charge is 0.446 e. The Morgan fingerprint density at radius 2 is 1.65 bits per heavy atom. The molecule has 0 radical (unpaired) electrons. The van der Waals surface area contributed by atoms with Crippen LogP contribution in [0.2, 0.25) is 0 Å². The van der Waals surface area contributed by atoms with E-state index in [1.54, 1.807) is 0 Å². The van der Waals surface area contributed by atoms with Crippen molar-refractivity contribution in [3.63, 3.8) is 0 Å². The van der Waals surface area contributed by atoms with Gasteiger partial charge in [0, 0.05) is 6.92 Å². The Morgan fingerprint density at radius 1 is 1.15 bits per heavy atom. The lowest BCUT2D eigenvalue weighted by Gasteiger charge is -2.31. The molecule has 3 heteroatoms. The van der Waals surface area contributed by atoms with Crippen molar-refractivity contribution in [2.75, 3.05) is 0 Å². The molecule has 0 aromatic heterocycles. The summed E-state index contributed by atoms with van der Waals surface area (Å²) in [4.78, 5) is 11.5. The minimum Gasteiger partial charge on any atom is -0.446 e. The van der Waals surface area contributed by atoms with Crippen LogP contribution >= 0.6 is 0 Å². The highest BCUT2D eigenvalue weighted by Crippen LogP contribution is 2.30. The van der Waals surface area contributed by atoms with E-state index in [4.69, 9.17) is 10.5 Å². The second-order valence-corrected chi connectivity index (χ2v) is 5.97. The van der Waals surface area contributed by atoms with Gasteiger partial charge in [0.05, 0.1) is 5.54 Å². The Balaban J connectivity index is 2.97. The lowest BCUT2D eigenvalue weighted by atomic mass is 9.85. The topological polar surface area (TPSA) is 52.3 Å². The van der Waals surface area contributed by atoms with Crippen molar-refractivity contribution >= 4 is 5.97 Å². The molecule has 0 aromatic carbocycles.